The Hall–Kier alpha value is -6.18. The number of fused-ring (bicyclic) bond motifs is 9. The van der Waals surface area contributed by atoms with Gasteiger partial charge in [-0.3, -0.25) is 0 Å². The van der Waals surface area contributed by atoms with Crippen LogP contribution in [0.2, 0.25) is 0 Å². The molecule has 11 rings (SSSR count). The maximum atomic E-state index is 2.54. The molecule has 0 radical (unpaired) electrons. The molecule has 0 atom stereocenters. The zero-order valence-corrected chi connectivity index (χ0v) is 30.9. The van der Waals surface area contributed by atoms with E-state index in [4.69, 9.17) is 0 Å². The summed E-state index contributed by atoms with van der Waals surface area (Å²) in [5, 5.41) is 7.84. The fraction of sp³-hybridized carbons (Fsp3) is 0.132. The smallest absolute Gasteiger partial charge is 0.0491 e. The van der Waals surface area contributed by atoms with Crippen molar-refractivity contribution < 1.29 is 0 Å². The van der Waals surface area contributed by atoms with Crippen LogP contribution in [0.4, 0.5) is 11.4 Å². The van der Waals surface area contributed by atoms with E-state index in [2.05, 4.69) is 183 Å². The molecule has 0 amide bonds. The van der Waals surface area contributed by atoms with Gasteiger partial charge in [-0.2, -0.15) is 0 Å². The Balaban J connectivity index is 1.17. The molecule has 0 unspecified atom stereocenters. The fourth-order valence-corrected chi connectivity index (χ4v) is 10.1. The number of aryl methyl sites for hydroxylation is 2. The van der Waals surface area contributed by atoms with Crippen LogP contribution < -0.4 is 4.90 Å². The number of allylic oxidation sites excluding steroid dienone is 4. The molecule has 0 fully saturated rings. The third-order valence-corrected chi connectivity index (χ3v) is 12.6. The van der Waals surface area contributed by atoms with E-state index in [1.807, 2.05) is 0 Å². The minimum absolute atomic E-state index is 0.102. The van der Waals surface area contributed by atoms with E-state index >= 15 is 0 Å². The van der Waals surface area contributed by atoms with Gasteiger partial charge in [-0.25, -0.2) is 0 Å². The highest BCUT2D eigenvalue weighted by Gasteiger charge is 2.37. The zero-order valence-electron chi connectivity index (χ0n) is 30.9. The summed E-state index contributed by atoms with van der Waals surface area (Å²) in [5.41, 5.74) is 17.5. The Morgan fingerprint density at radius 3 is 1.78 bits per heavy atom. The van der Waals surface area contributed by atoms with Gasteiger partial charge >= 0.3 is 0 Å². The lowest BCUT2D eigenvalue weighted by atomic mass is 9.79. The summed E-state index contributed by atoms with van der Waals surface area (Å²) in [6.07, 6.45) is 11.0. The lowest BCUT2D eigenvalue weighted by Crippen LogP contribution is -2.18. The zero-order chi connectivity index (χ0) is 36.0. The summed E-state index contributed by atoms with van der Waals surface area (Å²) >= 11 is 0. The number of para-hydroxylation sites is 1. The second-order valence-corrected chi connectivity index (χ2v) is 15.8. The standard InChI is InChI=1S/C53H41N/c1-53(2)46-26-14-13-25-44(46)52-39-20-8-7-19-38(39)45(33-47(52)53)51-42-23-11-9-21-40(42)50(41-22-10-12-24-43(41)51)36-30-31-49-35(32-36)29-28-34-16-6-15-27-48(34)54(49)37-17-4-3-5-18-37/h3-4,6-17,19-27,30-33H,5,18,28-29H2,1-2H3. The Bertz CT molecular complexity index is 2860. The van der Waals surface area contributed by atoms with E-state index < -0.39 is 0 Å². The van der Waals surface area contributed by atoms with Crippen LogP contribution in [0.25, 0.3) is 65.7 Å². The molecule has 0 saturated carbocycles. The molecular weight excluding hydrogens is 651 g/mol. The Morgan fingerprint density at radius 2 is 1.06 bits per heavy atom. The molecule has 3 aliphatic rings. The third kappa shape index (κ3) is 4.51. The van der Waals surface area contributed by atoms with Crippen LogP contribution in [-0.2, 0) is 18.3 Å². The van der Waals surface area contributed by atoms with E-state index in [9.17, 15) is 0 Å². The van der Waals surface area contributed by atoms with E-state index in [0.29, 0.717) is 0 Å². The van der Waals surface area contributed by atoms with Crippen molar-refractivity contribution in [3.8, 4) is 33.4 Å². The minimum atomic E-state index is -0.102. The fourth-order valence-electron chi connectivity index (χ4n) is 10.1. The van der Waals surface area contributed by atoms with Crippen molar-refractivity contribution >= 4 is 43.7 Å². The molecule has 1 heteroatoms. The summed E-state index contributed by atoms with van der Waals surface area (Å²) in [4.78, 5) is 2.54. The topological polar surface area (TPSA) is 3.24 Å². The van der Waals surface area contributed by atoms with Crippen LogP contribution in [0.1, 0.15) is 48.9 Å². The van der Waals surface area contributed by atoms with Crippen molar-refractivity contribution in [1.82, 2.24) is 0 Å². The molecule has 8 aromatic rings. The van der Waals surface area contributed by atoms with Gasteiger partial charge in [0, 0.05) is 22.5 Å². The highest BCUT2D eigenvalue weighted by molar-refractivity contribution is 6.24. The van der Waals surface area contributed by atoms with Gasteiger partial charge in [0.2, 0.25) is 0 Å². The molecule has 54 heavy (non-hydrogen) atoms. The van der Waals surface area contributed by atoms with Crippen LogP contribution in [0.15, 0.2) is 170 Å². The summed E-state index contributed by atoms with van der Waals surface area (Å²) in [7, 11) is 0. The molecule has 1 heterocycles. The monoisotopic (exact) mass is 691 g/mol. The highest BCUT2D eigenvalue weighted by Crippen LogP contribution is 2.55. The number of hydrogen-bond acceptors (Lipinski definition) is 1. The molecule has 0 N–H and O–H groups in total. The van der Waals surface area contributed by atoms with Crippen molar-refractivity contribution in [3.63, 3.8) is 0 Å². The SMILES string of the molecule is CC1(C)c2ccccc2-c2c1cc(-c1c3ccccc3c(-c3ccc4c(c3)CCc3ccccc3N4C3=CC=CCC3)c3ccccc13)c1ccccc21. The van der Waals surface area contributed by atoms with Gasteiger partial charge < -0.3 is 4.90 Å². The number of rotatable bonds is 3. The minimum Gasteiger partial charge on any atom is -0.314 e. The number of benzene rings is 8. The maximum Gasteiger partial charge on any atom is 0.0491 e. The lowest BCUT2D eigenvalue weighted by Gasteiger charge is -2.30. The molecule has 0 saturated heterocycles. The van der Waals surface area contributed by atoms with Crippen molar-refractivity contribution in [1.29, 1.82) is 0 Å². The summed E-state index contributed by atoms with van der Waals surface area (Å²) in [6.45, 7) is 4.80. The maximum absolute atomic E-state index is 2.54. The normalized spacial score (nSPS) is 15.4. The Labute approximate surface area is 317 Å². The molecule has 1 nitrogen and oxygen atoms in total. The average Bonchev–Trinajstić information content (AvgIpc) is 3.33. The quantitative estimate of drug-likeness (QED) is 0.167. The van der Waals surface area contributed by atoms with Gasteiger partial charge in [-0.15, -0.1) is 0 Å². The van der Waals surface area contributed by atoms with E-state index in [1.165, 1.54) is 105 Å². The predicted molar refractivity (Wildman–Crippen MR) is 230 cm³/mol. The molecule has 0 aromatic heterocycles. The Kier molecular flexibility index (Phi) is 6.92. The average molecular weight is 692 g/mol. The van der Waals surface area contributed by atoms with Crippen molar-refractivity contribution in [2.45, 2.75) is 44.9 Å². The second-order valence-electron chi connectivity index (χ2n) is 15.8. The first-order valence-electron chi connectivity index (χ1n) is 19.5. The third-order valence-electron chi connectivity index (χ3n) is 12.6. The van der Waals surface area contributed by atoms with Crippen LogP contribution in [0.3, 0.4) is 0 Å². The summed E-state index contributed by atoms with van der Waals surface area (Å²) in [6, 6.07) is 55.2. The number of hydrogen-bond donors (Lipinski definition) is 0. The summed E-state index contributed by atoms with van der Waals surface area (Å²) < 4.78 is 0. The first-order valence-corrected chi connectivity index (χ1v) is 19.5. The van der Waals surface area contributed by atoms with E-state index in [0.717, 1.165) is 25.7 Å². The predicted octanol–water partition coefficient (Wildman–Crippen LogP) is 14.3. The first-order chi connectivity index (χ1) is 26.6. The van der Waals surface area contributed by atoms with E-state index in [1.54, 1.807) is 0 Å². The summed E-state index contributed by atoms with van der Waals surface area (Å²) in [5.74, 6) is 0. The van der Waals surface area contributed by atoms with Crippen LogP contribution in [0.5, 0.6) is 0 Å². The van der Waals surface area contributed by atoms with Crippen LogP contribution >= 0.6 is 0 Å². The van der Waals surface area contributed by atoms with Crippen molar-refractivity contribution in [2.24, 2.45) is 0 Å². The lowest BCUT2D eigenvalue weighted by molar-refractivity contribution is 0.661. The molecule has 2 aliphatic carbocycles. The molecule has 8 aromatic carbocycles. The second kappa shape index (κ2) is 11.9. The van der Waals surface area contributed by atoms with Crippen molar-refractivity contribution in [3.05, 3.63) is 192 Å². The van der Waals surface area contributed by atoms with Gasteiger partial charge in [-0.1, -0.05) is 147 Å². The largest absolute Gasteiger partial charge is 0.314 e. The molecule has 0 bridgehead atoms. The number of nitrogens with zero attached hydrogens (tertiary/aromatic N) is 1. The van der Waals surface area contributed by atoms with Gasteiger partial charge in [0.1, 0.15) is 0 Å². The Morgan fingerprint density at radius 1 is 0.463 bits per heavy atom. The first kappa shape index (κ1) is 31.4. The van der Waals surface area contributed by atoms with Crippen molar-refractivity contribution in [2.75, 3.05) is 4.90 Å². The highest BCUT2D eigenvalue weighted by atomic mass is 15.2. The van der Waals surface area contributed by atoms with Gasteiger partial charge in [0.15, 0.2) is 0 Å². The molecular formula is C53H41N. The molecule has 258 valence electrons. The van der Waals surface area contributed by atoms with Gasteiger partial charge in [0.25, 0.3) is 0 Å². The van der Waals surface area contributed by atoms with Crippen LogP contribution in [-0.4, -0.2) is 0 Å². The van der Waals surface area contributed by atoms with Gasteiger partial charge in [-0.05, 0) is 144 Å². The molecule has 0 spiro atoms. The number of anilines is 2. The van der Waals surface area contributed by atoms with Crippen LogP contribution in [0, 0.1) is 0 Å². The van der Waals surface area contributed by atoms with Gasteiger partial charge in [0.05, 0.1) is 0 Å². The molecule has 1 aliphatic heterocycles. The van der Waals surface area contributed by atoms with E-state index in [-0.39, 0.29) is 5.41 Å².